The molecule has 1 amide bonds. The van der Waals surface area contributed by atoms with Crippen LogP contribution in [0, 0.1) is 0 Å². The zero-order chi connectivity index (χ0) is 10.1. The van der Waals surface area contributed by atoms with Gasteiger partial charge in [-0.3, -0.25) is 4.79 Å². The van der Waals surface area contributed by atoms with Crippen LogP contribution in [0.25, 0.3) is 0 Å². The molecule has 0 radical (unpaired) electrons. The Balaban J connectivity index is 2.58. The number of methoxy groups -OCH3 is 1. The number of rotatable bonds is 2. The van der Waals surface area contributed by atoms with Crippen molar-refractivity contribution in [2.24, 2.45) is 5.73 Å². The normalized spacial score (nSPS) is 13.7. The summed E-state index contributed by atoms with van der Waals surface area (Å²) in [5, 5.41) is 2.76. The van der Waals surface area contributed by atoms with Gasteiger partial charge >= 0.3 is 0 Å². The topological polar surface area (TPSA) is 64.3 Å². The van der Waals surface area contributed by atoms with Crippen molar-refractivity contribution in [2.75, 3.05) is 7.11 Å². The summed E-state index contributed by atoms with van der Waals surface area (Å²) in [7, 11) is 1.58. The van der Waals surface area contributed by atoms with Crippen LogP contribution in [0.3, 0.4) is 0 Å². The number of fused-ring (bicyclic) bond motifs is 1. The van der Waals surface area contributed by atoms with Gasteiger partial charge in [0.25, 0.3) is 5.91 Å². The van der Waals surface area contributed by atoms with Crippen molar-refractivity contribution in [1.82, 2.24) is 5.32 Å². The fourth-order valence-electron chi connectivity index (χ4n) is 1.68. The zero-order valence-electron chi connectivity index (χ0n) is 7.96. The van der Waals surface area contributed by atoms with Crippen LogP contribution in [0.4, 0.5) is 0 Å². The number of benzene rings is 1. The van der Waals surface area contributed by atoms with Crippen LogP contribution < -0.4 is 15.8 Å². The Bertz CT molecular complexity index is 388. The highest BCUT2D eigenvalue weighted by Gasteiger charge is 2.22. The van der Waals surface area contributed by atoms with Crippen LogP contribution in [0.5, 0.6) is 5.75 Å². The van der Waals surface area contributed by atoms with E-state index in [0.717, 1.165) is 11.1 Å². The largest absolute Gasteiger partial charge is 0.497 e. The fourth-order valence-corrected chi connectivity index (χ4v) is 1.68. The van der Waals surface area contributed by atoms with Gasteiger partial charge in [-0.15, -0.1) is 0 Å². The third-order valence-corrected chi connectivity index (χ3v) is 2.44. The molecule has 1 aliphatic rings. The molecular formula is C10H12N2O2. The molecule has 0 aromatic heterocycles. The summed E-state index contributed by atoms with van der Waals surface area (Å²) >= 11 is 0. The van der Waals surface area contributed by atoms with Gasteiger partial charge in [-0.25, -0.2) is 0 Å². The van der Waals surface area contributed by atoms with Crippen molar-refractivity contribution in [1.29, 1.82) is 0 Å². The Morgan fingerprint density at radius 1 is 1.57 bits per heavy atom. The van der Waals surface area contributed by atoms with Gasteiger partial charge in [0.15, 0.2) is 0 Å². The molecule has 0 saturated carbocycles. The van der Waals surface area contributed by atoms with Gasteiger partial charge in [0.2, 0.25) is 0 Å². The van der Waals surface area contributed by atoms with Gasteiger partial charge < -0.3 is 15.8 Å². The maximum Gasteiger partial charge on any atom is 0.252 e. The van der Waals surface area contributed by atoms with Crippen LogP contribution in [0.2, 0.25) is 0 Å². The fraction of sp³-hybridized carbons (Fsp3) is 0.300. The van der Waals surface area contributed by atoms with E-state index < -0.39 is 0 Å². The van der Waals surface area contributed by atoms with E-state index in [9.17, 15) is 4.79 Å². The number of hydrogen-bond donors (Lipinski definition) is 2. The number of nitrogens with two attached hydrogens (primary N) is 1. The van der Waals surface area contributed by atoms with Crippen molar-refractivity contribution in [3.05, 3.63) is 28.8 Å². The molecular weight excluding hydrogens is 180 g/mol. The van der Waals surface area contributed by atoms with Crippen molar-refractivity contribution < 1.29 is 9.53 Å². The molecule has 0 atom stereocenters. The molecule has 2 rings (SSSR count). The first-order valence-corrected chi connectivity index (χ1v) is 4.44. The lowest BCUT2D eigenvalue weighted by atomic mass is 10.0. The standard InChI is InChI=1S/C10H12N2O2/c1-14-7-2-6(4-11)9-5-12-10(13)8(9)3-7/h2-3H,4-5,11H2,1H3,(H,12,13). The minimum atomic E-state index is -0.0476. The summed E-state index contributed by atoms with van der Waals surface area (Å²) in [6.07, 6.45) is 0. The molecule has 1 aromatic carbocycles. The second-order valence-electron chi connectivity index (χ2n) is 3.20. The van der Waals surface area contributed by atoms with Gasteiger partial charge in [-0.2, -0.15) is 0 Å². The molecule has 1 aromatic rings. The average molecular weight is 192 g/mol. The lowest BCUT2D eigenvalue weighted by molar-refractivity contribution is 0.0965. The Morgan fingerprint density at radius 2 is 2.36 bits per heavy atom. The molecule has 14 heavy (non-hydrogen) atoms. The van der Waals surface area contributed by atoms with E-state index in [2.05, 4.69) is 5.32 Å². The average Bonchev–Trinajstić information content (AvgIpc) is 2.59. The zero-order valence-corrected chi connectivity index (χ0v) is 7.96. The predicted octanol–water partition coefficient (Wildman–Crippen LogP) is 0.397. The molecule has 0 spiro atoms. The highest BCUT2D eigenvalue weighted by atomic mass is 16.5. The van der Waals surface area contributed by atoms with Crippen molar-refractivity contribution >= 4 is 5.91 Å². The quantitative estimate of drug-likeness (QED) is 0.712. The van der Waals surface area contributed by atoms with E-state index in [1.54, 1.807) is 13.2 Å². The minimum Gasteiger partial charge on any atom is -0.497 e. The highest BCUT2D eigenvalue weighted by Crippen LogP contribution is 2.25. The van der Waals surface area contributed by atoms with Crippen LogP contribution in [-0.2, 0) is 13.1 Å². The Hall–Kier alpha value is -1.55. The number of ether oxygens (including phenoxy) is 1. The molecule has 0 saturated heterocycles. The molecule has 0 fully saturated rings. The molecule has 0 aliphatic carbocycles. The van der Waals surface area contributed by atoms with E-state index in [1.165, 1.54) is 0 Å². The highest BCUT2D eigenvalue weighted by molar-refractivity contribution is 5.99. The van der Waals surface area contributed by atoms with E-state index in [1.807, 2.05) is 6.07 Å². The van der Waals surface area contributed by atoms with Crippen LogP contribution in [-0.4, -0.2) is 13.0 Å². The summed E-state index contributed by atoms with van der Waals surface area (Å²) in [5.74, 6) is 0.634. The Kier molecular flexibility index (Phi) is 2.13. The van der Waals surface area contributed by atoms with Gasteiger partial charge in [-0.1, -0.05) is 0 Å². The monoisotopic (exact) mass is 192 g/mol. The lowest BCUT2D eigenvalue weighted by Crippen LogP contribution is -2.12. The molecule has 4 heteroatoms. The molecule has 1 aliphatic heterocycles. The minimum absolute atomic E-state index is 0.0476. The van der Waals surface area contributed by atoms with Crippen LogP contribution in [0.15, 0.2) is 12.1 Å². The SMILES string of the molecule is COc1cc(CN)c2c(c1)C(=O)NC2. The van der Waals surface area contributed by atoms with E-state index >= 15 is 0 Å². The second-order valence-corrected chi connectivity index (χ2v) is 3.20. The summed E-state index contributed by atoms with van der Waals surface area (Å²) in [6.45, 7) is 0.999. The van der Waals surface area contributed by atoms with Gasteiger partial charge in [0.05, 0.1) is 7.11 Å². The first kappa shape index (κ1) is 9.02. The number of carbonyl (C=O) groups excluding carboxylic acids is 1. The number of hydrogen-bond acceptors (Lipinski definition) is 3. The summed E-state index contributed by atoms with van der Waals surface area (Å²) in [4.78, 5) is 11.4. The van der Waals surface area contributed by atoms with Crippen molar-refractivity contribution in [3.8, 4) is 5.75 Å². The Morgan fingerprint density at radius 3 is 3.00 bits per heavy atom. The molecule has 1 heterocycles. The molecule has 74 valence electrons. The number of nitrogens with one attached hydrogen (secondary N) is 1. The van der Waals surface area contributed by atoms with Gasteiger partial charge in [0.1, 0.15) is 5.75 Å². The molecule has 4 nitrogen and oxygen atoms in total. The summed E-state index contributed by atoms with van der Waals surface area (Å²) < 4.78 is 5.09. The number of amides is 1. The Labute approximate surface area is 82.1 Å². The second kappa shape index (κ2) is 3.31. The third-order valence-electron chi connectivity index (χ3n) is 2.44. The maximum absolute atomic E-state index is 11.4. The number of carbonyl (C=O) groups is 1. The molecule has 0 unspecified atom stereocenters. The first-order chi connectivity index (χ1) is 6.76. The first-order valence-electron chi connectivity index (χ1n) is 4.44. The van der Waals surface area contributed by atoms with Crippen molar-refractivity contribution in [2.45, 2.75) is 13.1 Å². The van der Waals surface area contributed by atoms with Crippen molar-refractivity contribution in [3.63, 3.8) is 0 Å². The molecule has 3 N–H and O–H groups in total. The summed E-state index contributed by atoms with van der Waals surface area (Å²) in [5.41, 5.74) is 8.25. The summed E-state index contributed by atoms with van der Waals surface area (Å²) in [6, 6.07) is 3.62. The molecule has 0 bridgehead atoms. The maximum atomic E-state index is 11.4. The van der Waals surface area contributed by atoms with Gasteiger partial charge in [0, 0.05) is 18.7 Å². The lowest BCUT2D eigenvalue weighted by Gasteiger charge is -2.07. The van der Waals surface area contributed by atoms with E-state index in [4.69, 9.17) is 10.5 Å². The van der Waals surface area contributed by atoms with E-state index in [-0.39, 0.29) is 5.91 Å². The third kappa shape index (κ3) is 1.24. The predicted molar refractivity (Wildman–Crippen MR) is 52.1 cm³/mol. The smallest absolute Gasteiger partial charge is 0.252 e. The van der Waals surface area contributed by atoms with E-state index in [0.29, 0.717) is 24.4 Å². The van der Waals surface area contributed by atoms with Crippen LogP contribution in [0.1, 0.15) is 21.5 Å². The van der Waals surface area contributed by atoms with Gasteiger partial charge in [-0.05, 0) is 23.3 Å². The van der Waals surface area contributed by atoms with Crippen LogP contribution >= 0.6 is 0 Å².